The van der Waals surface area contributed by atoms with Gasteiger partial charge in [0.05, 0.1) is 37.7 Å². The van der Waals surface area contributed by atoms with Gasteiger partial charge in [-0.15, -0.1) is 6.58 Å². The second-order valence-corrected chi connectivity index (χ2v) is 13.5. The Morgan fingerprint density at radius 2 is 1.81 bits per heavy atom. The zero-order chi connectivity index (χ0) is 31.1. The maximum Gasteiger partial charge on any atom is 0.187 e. The van der Waals surface area contributed by atoms with E-state index in [1.165, 1.54) is 0 Å². The van der Waals surface area contributed by atoms with Gasteiger partial charge in [-0.3, -0.25) is 4.39 Å². The highest BCUT2D eigenvalue weighted by Crippen LogP contribution is 2.55. The first-order valence-corrected chi connectivity index (χ1v) is 15.2. The molecule has 1 heterocycles. The van der Waals surface area contributed by atoms with Gasteiger partial charge < -0.3 is 44.5 Å². The lowest BCUT2D eigenvalue weighted by atomic mass is 9.68. The van der Waals surface area contributed by atoms with Crippen molar-refractivity contribution in [3.63, 3.8) is 0 Å². The Balaban J connectivity index is 1.76. The molecule has 5 N–H and O–H groups in total. The number of alkyl halides is 1. The lowest BCUT2D eigenvalue weighted by Crippen LogP contribution is -2.61. The summed E-state index contributed by atoms with van der Waals surface area (Å²) in [5.41, 5.74) is 0.651. The van der Waals surface area contributed by atoms with Gasteiger partial charge in [-0.1, -0.05) is 37.1 Å². The Kier molecular flexibility index (Phi) is 10.4. The SMILES string of the molecule is C=CC(C)(C)OC[C@H]1O[C@H](O[C@@H]2C3=C([C@@H](C)CF)C[C@H](O)[C@]3(C)C=C3[C@@H](COC)CC[C@H]3[C@@H](C)[C@H]2O)[C@H](O)[C@@H](O)[C@@H]1O. The average molecular weight is 599 g/mol. The van der Waals surface area contributed by atoms with Crippen molar-refractivity contribution in [2.24, 2.45) is 29.1 Å². The van der Waals surface area contributed by atoms with Crippen molar-refractivity contribution in [2.75, 3.05) is 27.0 Å². The third-order valence-electron chi connectivity index (χ3n) is 10.2. The van der Waals surface area contributed by atoms with E-state index in [0.717, 1.165) is 18.4 Å². The molecule has 0 aromatic carbocycles. The second kappa shape index (κ2) is 13.0. The molecule has 2 fully saturated rings. The van der Waals surface area contributed by atoms with E-state index in [1.807, 2.05) is 13.8 Å². The van der Waals surface area contributed by atoms with Gasteiger partial charge in [-0.2, -0.15) is 0 Å². The standard InChI is InChI=1S/C32H51FO9/c1-8-31(4,5)40-15-22-26(36)27(37)28(38)30(41-22)42-29-24-20(16(2)13-33)11-23(34)32(24,6)12-21-18(14-39-7)9-10-19(21)17(3)25(29)35/h8,12,16-19,22-23,25-30,34-38H,1,9-11,13-15H2,2-7H3/t16-,17+,18+,19-,22+,23-,25+,26+,27-,28+,29+,30+,32-/m0/s1. The van der Waals surface area contributed by atoms with Crippen LogP contribution in [0.4, 0.5) is 4.39 Å². The summed E-state index contributed by atoms with van der Waals surface area (Å²) in [6.07, 6.45) is -4.65. The number of hydrogen-bond donors (Lipinski definition) is 5. The Bertz CT molecular complexity index is 1030. The average Bonchev–Trinajstić information content (AvgIpc) is 3.46. The van der Waals surface area contributed by atoms with E-state index in [0.29, 0.717) is 17.8 Å². The number of aliphatic hydroxyl groups is 5. The first-order valence-electron chi connectivity index (χ1n) is 15.2. The fourth-order valence-electron chi connectivity index (χ4n) is 7.31. The molecular formula is C32H51FO9. The van der Waals surface area contributed by atoms with Crippen LogP contribution in [0.15, 0.2) is 35.5 Å². The molecule has 0 radical (unpaired) electrons. The number of ether oxygens (including phenoxy) is 4. The number of fused-ring (bicyclic) bond motifs is 2. The van der Waals surface area contributed by atoms with Crippen molar-refractivity contribution < 1.29 is 48.9 Å². The Labute approximate surface area is 249 Å². The van der Waals surface area contributed by atoms with Gasteiger partial charge in [0.25, 0.3) is 0 Å². The predicted octanol–water partition coefficient (Wildman–Crippen LogP) is 2.44. The molecule has 1 saturated heterocycles. The summed E-state index contributed by atoms with van der Waals surface area (Å²) in [5, 5.41) is 55.9. The van der Waals surface area contributed by atoms with E-state index in [1.54, 1.807) is 34.0 Å². The maximum absolute atomic E-state index is 14.2. The molecule has 10 heteroatoms. The topological polar surface area (TPSA) is 138 Å². The van der Waals surface area contributed by atoms with Crippen LogP contribution in [0.25, 0.3) is 0 Å². The van der Waals surface area contributed by atoms with Crippen LogP contribution in [-0.2, 0) is 18.9 Å². The highest BCUT2D eigenvalue weighted by Gasteiger charge is 2.55. The fraction of sp³-hybridized carbons (Fsp3) is 0.812. The summed E-state index contributed by atoms with van der Waals surface area (Å²) < 4.78 is 38.0. The summed E-state index contributed by atoms with van der Waals surface area (Å²) in [5.74, 6) is -0.681. The molecule has 0 aromatic rings. The summed E-state index contributed by atoms with van der Waals surface area (Å²) in [6.45, 7) is 12.6. The van der Waals surface area contributed by atoms with Crippen LogP contribution < -0.4 is 0 Å². The maximum atomic E-state index is 14.2. The van der Waals surface area contributed by atoms with Gasteiger partial charge in [0.2, 0.25) is 0 Å². The van der Waals surface area contributed by atoms with Crippen molar-refractivity contribution >= 4 is 0 Å². The quantitative estimate of drug-likeness (QED) is 0.240. The van der Waals surface area contributed by atoms with E-state index in [-0.39, 0.29) is 30.8 Å². The minimum Gasteiger partial charge on any atom is -0.392 e. The van der Waals surface area contributed by atoms with E-state index in [4.69, 9.17) is 18.9 Å². The minimum atomic E-state index is -1.64. The molecule has 9 nitrogen and oxygen atoms in total. The van der Waals surface area contributed by atoms with Gasteiger partial charge in [0.1, 0.15) is 30.5 Å². The number of methoxy groups -OCH3 is 1. The molecule has 0 unspecified atom stereocenters. The van der Waals surface area contributed by atoms with Gasteiger partial charge in [0, 0.05) is 24.4 Å². The molecule has 1 saturated carbocycles. The van der Waals surface area contributed by atoms with Crippen molar-refractivity contribution in [3.8, 4) is 0 Å². The van der Waals surface area contributed by atoms with Crippen molar-refractivity contribution in [1.82, 2.24) is 0 Å². The van der Waals surface area contributed by atoms with E-state index < -0.39 is 72.6 Å². The van der Waals surface area contributed by atoms with E-state index in [9.17, 15) is 29.9 Å². The lowest BCUT2D eigenvalue weighted by Gasteiger charge is -2.46. The molecule has 4 rings (SSSR count). The molecule has 4 aliphatic rings. The zero-order valence-electron chi connectivity index (χ0n) is 25.8. The van der Waals surface area contributed by atoms with E-state index >= 15 is 0 Å². The summed E-state index contributed by atoms with van der Waals surface area (Å²) >= 11 is 0. The van der Waals surface area contributed by atoms with Crippen LogP contribution in [0, 0.1) is 29.1 Å². The zero-order valence-corrected chi connectivity index (χ0v) is 25.8. The molecule has 0 aromatic heterocycles. The van der Waals surface area contributed by atoms with Crippen LogP contribution in [-0.4, -0.2) is 107 Å². The third kappa shape index (κ3) is 6.17. The van der Waals surface area contributed by atoms with Crippen LogP contribution in [0.1, 0.15) is 53.9 Å². The summed E-state index contributed by atoms with van der Waals surface area (Å²) in [4.78, 5) is 0. The molecule has 3 aliphatic carbocycles. The van der Waals surface area contributed by atoms with E-state index in [2.05, 4.69) is 12.7 Å². The molecular weight excluding hydrogens is 547 g/mol. The van der Waals surface area contributed by atoms with Crippen molar-refractivity contribution in [2.45, 2.75) is 108 Å². The summed E-state index contributed by atoms with van der Waals surface area (Å²) in [7, 11) is 1.66. The Hall–Kier alpha value is -1.21. The molecule has 240 valence electrons. The molecule has 0 spiro atoms. The number of aliphatic hydroxyl groups excluding tert-OH is 5. The smallest absolute Gasteiger partial charge is 0.187 e. The predicted molar refractivity (Wildman–Crippen MR) is 154 cm³/mol. The van der Waals surface area contributed by atoms with Crippen LogP contribution in [0.3, 0.4) is 0 Å². The van der Waals surface area contributed by atoms with Crippen molar-refractivity contribution in [1.29, 1.82) is 0 Å². The van der Waals surface area contributed by atoms with Gasteiger partial charge in [-0.25, -0.2) is 0 Å². The van der Waals surface area contributed by atoms with Crippen LogP contribution >= 0.6 is 0 Å². The molecule has 0 bridgehead atoms. The van der Waals surface area contributed by atoms with Gasteiger partial charge in [0.15, 0.2) is 6.29 Å². The molecule has 13 atom stereocenters. The second-order valence-electron chi connectivity index (χ2n) is 13.5. The largest absolute Gasteiger partial charge is 0.392 e. The van der Waals surface area contributed by atoms with Gasteiger partial charge in [-0.05, 0) is 57.4 Å². The monoisotopic (exact) mass is 598 g/mol. The number of halogens is 1. The third-order valence-corrected chi connectivity index (χ3v) is 10.2. The normalized spacial score (nSPS) is 43.3. The molecule has 1 aliphatic heterocycles. The fourth-order valence-corrected chi connectivity index (χ4v) is 7.31. The lowest BCUT2D eigenvalue weighted by molar-refractivity contribution is -0.319. The first kappa shape index (κ1) is 33.7. The highest BCUT2D eigenvalue weighted by molar-refractivity contribution is 5.43. The summed E-state index contributed by atoms with van der Waals surface area (Å²) in [6, 6.07) is 0. The number of hydrogen-bond acceptors (Lipinski definition) is 9. The Morgan fingerprint density at radius 1 is 1.12 bits per heavy atom. The van der Waals surface area contributed by atoms with Crippen LogP contribution in [0.2, 0.25) is 0 Å². The Morgan fingerprint density at radius 3 is 2.43 bits per heavy atom. The van der Waals surface area contributed by atoms with Gasteiger partial charge >= 0.3 is 0 Å². The molecule has 42 heavy (non-hydrogen) atoms. The minimum absolute atomic E-state index is 0.00590. The number of rotatable bonds is 10. The highest BCUT2D eigenvalue weighted by atomic mass is 19.1. The van der Waals surface area contributed by atoms with Crippen molar-refractivity contribution in [3.05, 3.63) is 35.5 Å². The van der Waals surface area contributed by atoms with Crippen LogP contribution in [0.5, 0.6) is 0 Å². The molecule has 0 amide bonds. The first-order chi connectivity index (χ1) is 19.7.